The average Bonchev–Trinajstić information content (AvgIpc) is 2.96. The van der Waals surface area contributed by atoms with Gasteiger partial charge in [0.15, 0.2) is 0 Å². The summed E-state index contributed by atoms with van der Waals surface area (Å²) in [4.78, 5) is 0. The Balaban J connectivity index is 1.89. The van der Waals surface area contributed by atoms with E-state index in [0.717, 1.165) is 17.1 Å². The first-order valence-electron chi connectivity index (χ1n) is 6.12. The lowest BCUT2D eigenvalue weighted by Crippen LogP contribution is -2.03. The maximum absolute atomic E-state index is 5.14. The number of nitrogens with one attached hydrogen (secondary N) is 1. The summed E-state index contributed by atoms with van der Waals surface area (Å²) in [5.74, 6) is 1.35. The standard InChI is InChI=1S/C14H13N5O/c1-20-13-9-7-12(8-10-13)19-14(16-17-18-19)15-11-5-3-2-4-6-11/h2-10H,1H3,(H,15,16,18). The minimum atomic E-state index is 0.557. The van der Waals surface area contributed by atoms with Crippen LogP contribution in [0.25, 0.3) is 5.69 Å². The molecule has 3 aromatic rings. The summed E-state index contributed by atoms with van der Waals surface area (Å²) in [7, 11) is 1.63. The van der Waals surface area contributed by atoms with Crippen molar-refractivity contribution in [2.24, 2.45) is 0 Å². The van der Waals surface area contributed by atoms with Crippen LogP contribution in [0.2, 0.25) is 0 Å². The Morgan fingerprint density at radius 1 is 1.00 bits per heavy atom. The molecule has 2 aromatic carbocycles. The van der Waals surface area contributed by atoms with Gasteiger partial charge in [0, 0.05) is 5.69 Å². The Labute approximate surface area is 116 Å². The second-order valence-electron chi connectivity index (χ2n) is 4.10. The first-order valence-corrected chi connectivity index (χ1v) is 6.12. The molecular formula is C14H13N5O. The number of nitrogens with zero attached hydrogens (tertiary/aromatic N) is 4. The lowest BCUT2D eigenvalue weighted by molar-refractivity contribution is 0.414. The summed E-state index contributed by atoms with van der Waals surface area (Å²) in [6, 6.07) is 17.3. The molecule has 6 nitrogen and oxygen atoms in total. The Kier molecular flexibility index (Phi) is 3.28. The molecule has 1 aromatic heterocycles. The van der Waals surface area contributed by atoms with Gasteiger partial charge in [0.1, 0.15) is 5.75 Å². The molecule has 0 atom stereocenters. The molecule has 0 saturated heterocycles. The van der Waals surface area contributed by atoms with Crippen LogP contribution in [0.4, 0.5) is 11.6 Å². The zero-order chi connectivity index (χ0) is 13.8. The van der Waals surface area contributed by atoms with E-state index >= 15 is 0 Å². The third-order valence-corrected chi connectivity index (χ3v) is 2.82. The van der Waals surface area contributed by atoms with Crippen molar-refractivity contribution in [3.05, 3.63) is 54.6 Å². The highest BCUT2D eigenvalue weighted by atomic mass is 16.5. The summed E-state index contributed by atoms with van der Waals surface area (Å²) in [6.45, 7) is 0. The van der Waals surface area contributed by atoms with Crippen LogP contribution < -0.4 is 10.1 Å². The number of para-hydroxylation sites is 1. The predicted molar refractivity (Wildman–Crippen MR) is 75.4 cm³/mol. The third-order valence-electron chi connectivity index (χ3n) is 2.82. The third kappa shape index (κ3) is 2.44. The molecule has 3 rings (SSSR count). The van der Waals surface area contributed by atoms with E-state index in [1.54, 1.807) is 11.8 Å². The van der Waals surface area contributed by atoms with E-state index in [0.29, 0.717) is 5.95 Å². The van der Waals surface area contributed by atoms with E-state index in [4.69, 9.17) is 4.74 Å². The van der Waals surface area contributed by atoms with E-state index in [1.807, 2.05) is 54.6 Å². The number of aromatic nitrogens is 4. The molecule has 0 aliphatic carbocycles. The first-order chi connectivity index (χ1) is 9.86. The highest BCUT2D eigenvalue weighted by Gasteiger charge is 2.08. The quantitative estimate of drug-likeness (QED) is 0.786. The zero-order valence-corrected chi connectivity index (χ0v) is 10.9. The van der Waals surface area contributed by atoms with Gasteiger partial charge in [-0.1, -0.05) is 23.3 Å². The fourth-order valence-electron chi connectivity index (χ4n) is 1.81. The molecule has 0 amide bonds. The molecule has 0 aliphatic rings. The van der Waals surface area contributed by atoms with Gasteiger partial charge in [0.05, 0.1) is 12.8 Å². The molecular weight excluding hydrogens is 254 g/mol. The second-order valence-corrected chi connectivity index (χ2v) is 4.10. The Hall–Kier alpha value is -2.89. The molecule has 0 fully saturated rings. The van der Waals surface area contributed by atoms with E-state index in [-0.39, 0.29) is 0 Å². The zero-order valence-electron chi connectivity index (χ0n) is 10.9. The van der Waals surface area contributed by atoms with Crippen LogP contribution in [-0.4, -0.2) is 27.3 Å². The number of ether oxygens (including phenoxy) is 1. The molecule has 1 N–H and O–H groups in total. The summed E-state index contributed by atoms with van der Waals surface area (Å²) in [5.41, 5.74) is 1.78. The number of methoxy groups -OCH3 is 1. The van der Waals surface area contributed by atoms with Gasteiger partial charge < -0.3 is 10.1 Å². The van der Waals surface area contributed by atoms with E-state index in [9.17, 15) is 0 Å². The van der Waals surface area contributed by atoms with Gasteiger partial charge in [0.25, 0.3) is 5.95 Å². The van der Waals surface area contributed by atoms with E-state index in [2.05, 4.69) is 20.8 Å². The molecule has 0 radical (unpaired) electrons. The Morgan fingerprint density at radius 3 is 2.45 bits per heavy atom. The van der Waals surface area contributed by atoms with Crippen LogP contribution in [0.3, 0.4) is 0 Å². The lowest BCUT2D eigenvalue weighted by Gasteiger charge is -2.07. The van der Waals surface area contributed by atoms with Gasteiger partial charge >= 0.3 is 0 Å². The highest BCUT2D eigenvalue weighted by molar-refractivity contribution is 5.54. The van der Waals surface area contributed by atoms with Crippen LogP contribution in [-0.2, 0) is 0 Å². The first kappa shape index (κ1) is 12.2. The van der Waals surface area contributed by atoms with Crippen molar-refractivity contribution in [2.75, 3.05) is 12.4 Å². The number of hydrogen-bond acceptors (Lipinski definition) is 5. The van der Waals surface area contributed by atoms with Crippen molar-refractivity contribution in [1.29, 1.82) is 0 Å². The van der Waals surface area contributed by atoms with Crippen LogP contribution in [0.1, 0.15) is 0 Å². The van der Waals surface area contributed by atoms with Crippen molar-refractivity contribution in [3.8, 4) is 11.4 Å². The van der Waals surface area contributed by atoms with Gasteiger partial charge in [0.2, 0.25) is 0 Å². The fourth-order valence-corrected chi connectivity index (χ4v) is 1.81. The van der Waals surface area contributed by atoms with Crippen molar-refractivity contribution >= 4 is 11.6 Å². The molecule has 0 aliphatic heterocycles. The molecule has 0 saturated carbocycles. The molecule has 1 heterocycles. The molecule has 6 heteroatoms. The minimum Gasteiger partial charge on any atom is -0.497 e. The van der Waals surface area contributed by atoms with E-state index in [1.165, 1.54) is 0 Å². The second kappa shape index (κ2) is 5.40. The summed E-state index contributed by atoms with van der Waals surface area (Å²) in [5, 5.41) is 14.9. The van der Waals surface area contributed by atoms with Crippen LogP contribution in [0.15, 0.2) is 54.6 Å². The normalized spacial score (nSPS) is 10.2. The van der Waals surface area contributed by atoms with Gasteiger partial charge in [-0.3, -0.25) is 0 Å². The van der Waals surface area contributed by atoms with Crippen LogP contribution in [0.5, 0.6) is 5.75 Å². The summed E-state index contributed by atoms with van der Waals surface area (Å²) in [6.07, 6.45) is 0. The molecule has 0 bridgehead atoms. The SMILES string of the molecule is COc1ccc(-n2nnnc2Nc2ccccc2)cc1. The minimum absolute atomic E-state index is 0.557. The van der Waals surface area contributed by atoms with E-state index < -0.39 is 0 Å². The van der Waals surface area contributed by atoms with Crippen molar-refractivity contribution in [1.82, 2.24) is 20.2 Å². The number of anilines is 2. The number of hydrogen-bond donors (Lipinski definition) is 1. The highest BCUT2D eigenvalue weighted by Crippen LogP contribution is 2.18. The molecule has 0 unspecified atom stereocenters. The van der Waals surface area contributed by atoms with Crippen molar-refractivity contribution in [3.63, 3.8) is 0 Å². The van der Waals surface area contributed by atoms with Gasteiger partial charge in [-0.2, -0.15) is 4.68 Å². The Morgan fingerprint density at radius 2 is 1.75 bits per heavy atom. The maximum atomic E-state index is 5.14. The van der Waals surface area contributed by atoms with Gasteiger partial charge in [-0.05, 0) is 46.8 Å². The fraction of sp³-hybridized carbons (Fsp3) is 0.0714. The molecule has 100 valence electrons. The van der Waals surface area contributed by atoms with Crippen molar-refractivity contribution < 1.29 is 4.74 Å². The lowest BCUT2D eigenvalue weighted by atomic mass is 10.3. The maximum Gasteiger partial charge on any atom is 0.252 e. The predicted octanol–water partition coefficient (Wildman–Crippen LogP) is 2.41. The largest absolute Gasteiger partial charge is 0.497 e. The van der Waals surface area contributed by atoms with Crippen LogP contribution >= 0.6 is 0 Å². The average molecular weight is 267 g/mol. The number of benzene rings is 2. The van der Waals surface area contributed by atoms with Crippen LogP contribution in [0, 0.1) is 0 Å². The number of tetrazole rings is 1. The summed E-state index contributed by atoms with van der Waals surface area (Å²) < 4.78 is 6.77. The topological polar surface area (TPSA) is 64.9 Å². The number of rotatable bonds is 4. The van der Waals surface area contributed by atoms with Gasteiger partial charge in [-0.15, -0.1) is 0 Å². The summed E-state index contributed by atoms with van der Waals surface area (Å²) >= 11 is 0. The Bertz CT molecular complexity index is 678. The molecule has 20 heavy (non-hydrogen) atoms. The van der Waals surface area contributed by atoms with Crippen molar-refractivity contribution in [2.45, 2.75) is 0 Å². The van der Waals surface area contributed by atoms with Gasteiger partial charge in [-0.25, -0.2) is 0 Å². The molecule has 0 spiro atoms. The monoisotopic (exact) mass is 267 g/mol. The smallest absolute Gasteiger partial charge is 0.252 e.